The van der Waals surface area contributed by atoms with Crippen LogP contribution >= 0.6 is 15.9 Å². The number of aryl methyl sites for hydroxylation is 1. The second kappa shape index (κ2) is 3.05. The zero-order valence-corrected chi connectivity index (χ0v) is 7.05. The third-order valence-electron chi connectivity index (χ3n) is 0.965. The van der Waals surface area contributed by atoms with Crippen LogP contribution in [0.2, 0.25) is 0 Å². The Hall–Kier alpha value is -0.580. The summed E-state index contributed by atoms with van der Waals surface area (Å²) in [6, 6.07) is -2.33. The van der Waals surface area contributed by atoms with Crippen LogP contribution in [-0.4, -0.2) is 4.98 Å². The lowest BCUT2D eigenvalue weighted by atomic mass is 10.2. The fraction of sp³-hybridized carbons (Fsp3) is 0.286. The molecule has 1 nitrogen and oxygen atoms in total. The van der Waals surface area contributed by atoms with Crippen molar-refractivity contribution in [3.63, 3.8) is 0 Å². The molecule has 1 aromatic rings. The number of nitrogens with zero attached hydrogens (tertiary/aromatic N) is 1. The van der Waals surface area contributed by atoms with E-state index in [1.165, 1.54) is 0 Å². The first-order valence-corrected chi connectivity index (χ1v) is 3.50. The number of rotatable bonds is 0. The van der Waals surface area contributed by atoms with Gasteiger partial charge in [-0.1, -0.05) is 0 Å². The maximum absolute atomic E-state index is 12.6. The number of hydrogen-bond acceptors (Lipinski definition) is 1. The molecule has 66 valence electrons. The number of alkyl halides is 3. The standard InChI is InChI=1S/C7H5BrF3N/c1-4-2-5(7(9,10)11)3-6(8)12-4/h2-3H,1H3/i1D3,2D,3D. The van der Waals surface area contributed by atoms with E-state index in [4.69, 9.17) is 6.85 Å². The summed E-state index contributed by atoms with van der Waals surface area (Å²) in [6.07, 6.45) is -4.97. The van der Waals surface area contributed by atoms with Crippen LogP contribution in [0, 0.1) is 6.85 Å². The van der Waals surface area contributed by atoms with E-state index in [0.29, 0.717) is 0 Å². The highest BCUT2D eigenvalue weighted by atomic mass is 79.9. The van der Waals surface area contributed by atoms with Gasteiger partial charge < -0.3 is 0 Å². The van der Waals surface area contributed by atoms with Crippen molar-refractivity contribution in [2.45, 2.75) is 13.0 Å². The molecule has 0 fully saturated rings. The topological polar surface area (TPSA) is 12.9 Å². The van der Waals surface area contributed by atoms with Gasteiger partial charge in [-0.3, -0.25) is 0 Å². The lowest BCUT2D eigenvalue weighted by Gasteiger charge is -2.06. The first-order chi connectivity index (χ1) is 7.46. The summed E-state index contributed by atoms with van der Waals surface area (Å²) in [4.78, 5) is 3.30. The first kappa shape index (κ1) is 4.60. The zero-order chi connectivity index (χ0) is 13.6. The average Bonchev–Trinajstić information content (AvgIpc) is 2.07. The van der Waals surface area contributed by atoms with Gasteiger partial charge in [0.1, 0.15) is 4.60 Å². The Morgan fingerprint density at radius 1 is 1.58 bits per heavy atom. The van der Waals surface area contributed by atoms with Crippen molar-refractivity contribution in [3.8, 4) is 0 Å². The molecule has 0 atom stereocenters. The molecule has 0 amide bonds. The van der Waals surface area contributed by atoms with Gasteiger partial charge in [-0.2, -0.15) is 13.2 Å². The molecular weight excluding hydrogens is 235 g/mol. The summed E-state index contributed by atoms with van der Waals surface area (Å²) in [5, 5.41) is 0. The highest BCUT2D eigenvalue weighted by Crippen LogP contribution is 2.30. The Bertz CT molecular complexity index is 456. The van der Waals surface area contributed by atoms with Crippen molar-refractivity contribution in [1.29, 1.82) is 0 Å². The second-order valence-corrected chi connectivity index (χ2v) is 2.63. The third kappa shape index (κ3) is 2.20. The predicted molar refractivity (Wildman–Crippen MR) is 41.7 cm³/mol. The van der Waals surface area contributed by atoms with Gasteiger partial charge in [0.15, 0.2) is 0 Å². The number of halogens is 4. The molecule has 0 saturated heterocycles. The number of pyridine rings is 1. The van der Waals surface area contributed by atoms with Gasteiger partial charge >= 0.3 is 6.18 Å². The van der Waals surface area contributed by atoms with E-state index in [2.05, 4.69) is 20.9 Å². The van der Waals surface area contributed by atoms with Gasteiger partial charge in [-0.05, 0) is 34.9 Å². The molecule has 1 aromatic heterocycles. The molecule has 0 aliphatic carbocycles. The van der Waals surface area contributed by atoms with E-state index in [1.54, 1.807) is 0 Å². The molecule has 0 N–H and O–H groups in total. The maximum Gasteiger partial charge on any atom is 0.416 e. The summed E-state index contributed by atoms with van der Waals surface area (Å²) < 4.78 is 72.5. The number of aromatic nitrogens is 1. The molecule has 0 aromatic carbocycles. The molecular formula is C7H5BrF3N. The van der Waals surface area contributed by atoms with Crippen molar-refractivity contribution < 1.29 is 20.0 Å². The molecule has 0 bridgehead atoms. The molecule has 0 saturated carbocycles. The van der Waals surface area contributed by atoms with Crippen molar-refractivity contribution in [2.75, 3.05) is 0 Å². The van der Waals surface area contributed by atoms with Crippen LogP contribution in [0.1, 0.15) is 18.1 Å². The quantitative estimate of drug-likeness (QED) is 0.639. The summed E-state index contributed by atoms with van der Waals surface area (Å²) >= 11 is 2.58. The van der Waals surface area contributed by atoms with Crippen molar-refractivity contribution >= 4 is 15.9 Å². The lowest BCUT2D eigenvalue weighted by molar-refractivity contribution is -0.137. The van der Waals surface area contributed by atoms with Gasteiger partial charge in [-0.15, -0.1) is 0 Å². The predicted octanol–water partition coefficient (Wildman–Crippen LogP) is 3.17. The largest absolute Gasteiger partial charge is 0.416 e. The Balaban J connectivity index is 3.67. The van der Waals surface area contributed by atoms with Crippen LogP contribution in [-0.2, 0) is 6.18 Å². The normalized spacial score (nSPS) is 18.8. The molecule has 5 heteroatoms. The van der Waals surface area contributed by atoms with Gasteiger partial charge in [0, 0.05) is 9.81 Å². The van der Waals surface area contributed by atoms with Crippen molar-refractivity contribution in [2.24, 2.45) is 0 Å². The lowest BCUT2D eigenvalue weighted by Crippen LogP contribution is -2.05. The van der Waals surface area contributed by atoms with E-state index in [1.807, 2.05) is 0 Å². The van der Waals surface area contributed by atoms with Gasteiger partial charge in [0.2, 0.25) is 0 Å². The molecule has 0 unspecified atom stereocenters. The minimum Gasteiger partial charge on any atom is -0.246 e. The number of hydrogen-bond donors (Lipinski definition) is 0. The first-order valence-electron chi connectivity index (χ1n) is 5.20. The van der Waals surface area contributed by atoms with Crippen LogP contribution in [0.15, 0.2) is 16.7 Å². The highest BCUT2D eigenvalue weighted by Gasteiger charge is 2.30. The zero-order valence-electron chi connectivity index (χ0n) is 10.5. The monoisotopic (exact) mass is 244 g/mol. The van der Waals surface area contributed by atoms with E-state index < -0.39 is 41.0 Å². The minimum absolute atomic E-state index is 0.549. The smallest absolute Gasteiger partial charge is 0.246 e. The van der Waals surface area contributed by atoms with Gasteiger partial charge in [0.05, 0.1) is 8.30 Å². The SMILES string of the molecule is [2H]c1c(Br)nc(C([2H])([2H])[2H])c([2H])c1C(F)(F)F. The molecule has 0 spiro atoms. The molecule has 0 aliphatic rings. The van der Waals surface area contributed by atoms with Crippen LogP contribution in [0.5, 0.6) is 0 Å². The third-order valence-corrected chi connectivity index (χ3v) is 1.34. The molecule has 0 aliphatic heterocycles. The molecule has 1 rings (SSSR count). The van der Waals surface area contributed by atoms with Crippen LogP contribution in [0.25, 0.3) is 0 Å². The molecule has 1 heterocycles. The van der Waals surface area contributed by atoms with Crippen molar-refractivity contribution in [3.05, 3.63) is 27.9 Å². The highest BCUT2D eigenvalue weighted by molar-refractivity contribution is 9.10. The summed E-state index contributed by atoms with van der Waals surface area (Å²) in [5.41, 5.74) is -2.58. The van der Waals surface area contributed by atoms with Crippen molar-refractivity contribution in [1.82, 2.24) is 4.98 Å². The Morgan fingerprint density at radius 3 is 2.75 bits per heavy atom. The van der Waals surface area contributed by atoms with E-state index in [0.717, 1.165) is 0 Å². The Kier molecular flexibility index (Phi) is 1.17. The van der Waals surface area contributed by atoms with Gasteiger partial charge in [0.25, 0.3) is 0 Å². The Morgan fingerprint density at radius 2 is 2.25 bits per heavy atom. The van der Waals surface area contributed by atoms with E-state index in [9.17, 15) is 13.2 Å². The summed E-state index contributed by atoms with van der Waals surface area (Å²) in [7, 11) is 0. The summed E-state index contributed by atoms with van der Waals surface area (Å²) in [6.45, 7) is -2.94. The molecule has 0 radical (unpaired) electrons. The average molecular weight is 245 g/mol. The fourth-order valence-electron chi connectivity index (χ4n) is 0.549. The van der Waals surface area contributed by atoms with Crippen LogP contribution in [0.4, 0.5) is 13.2 Å². The summed E-state index contributed by atoms with van der Waals surface area (Å²) in [5.74, 6) is 0. The second-order valence-electron chi connectivity index (χ2n) is 1.87. The van der Waals surface area contributed by atoms with Gasteiger partial charge in [-0.25, -0.2) is 4.98 Å². The van der Waals surface area contributed by atoms with E-state index >= 15 is 0 Å². The fourth-order valence-corrected chi connectivity index (χ4v) is 0.924. The van der Waals surface area contributed by atoms with E-state index in [-0.39, 0.29) is 0 Å². The maximum atomic E-state index is 12.6. The minimum atomic E-state index is -4.97. The van der Waals surface area contributed by atoms with Crippen LogP contribution in [0.3, 0.4) is 0 Å². The Labute approximate surface area is 82.8 Å². The van der Waals surface area contributed by atoms with Crippen LogP contribution < -0.4 is 0 Å². The molecule has 12 heavy (non-hydrogen) atoms.